The molecular weight excluding hydrogens is 232 g/mol. The van der Waals surface area contributed by atoms with E-state index >= 15 is 0 Å². The van der Waals surface area contributed by atoms with Gasteiger partial charge in [0.2, 0.25) is 5.91 Å². The van der Waals surface area contributed by atoms with Gasteiger partial charge in [0.05, 0.1) is 0 Å². The number of carbonyl (C=O) groups excluding carboxylic acids is 2. The van der Waals surface area contributed by atoms with E-state index < -0.39 is 5.91 Å². The molecule has 3 rings (SSSR count). The molecule has 1 heterocycles. The third-order valence-electron chi connectivity index (χ3n) is 3.87. The van der Waals surface area contributed by atoms with E-state index in [9.17, 15) is 9.59 Å². The van der Waals surface area contributed by atoms with Gasteiger partial charge in [0, 0.05) is 5.92 Å². The summed E-state index contributed by atoms with van der Waals surface area (Å²) in [6.45, 7) is 1.71. The second-order valence-electron chi connectivity index (χ2n) is 5.23. The van der Waals surface area contributed by atoms with Gasteiger partial charge in [-0.05, 0) is 43.2 Å². The molecular formula is C12H14N4O2. The number of hydrogen-bond acceptors (Lipinski definition) is 4. The first-order valence-corrected chi connectivity index (χ1v) is 5.97. The molecule has 0 saturated heterocycles. The lowest BCUT2D eigenvalue weighted by molar-refractivity contribution is -0.117. The van der Waals surface area contributed by atoms with Crippen molar-refractivity contribution in [3.05, 3.63) is 17.3 Å². The molecule has 0 radical (unpaired) electrons. The highest BCUT2D eigenvalue weighted by atomic mass is 16.2. The first-order valence-electron chi connectivity index (χ1n) is 5.97. The SMILES string of the molecule is Cc1cc(NC(=O)[C@H]2CC23CC3)nnc1C(N)=O. The molecule has 2 amide bonds. The van der Waals surface area contributed by atoms with Crippen LogP contribution in [0.25, 0.3) is 0 Å². The van der Waals surface area contributed by atoms with Gasteiger partial charge >= 0.3 is 0 Å². The van der Waals surface area contributed by atoms with Crippen LogP contribution >= 0.6 is 0 Å². The molecule has 0 aliphatic heterocycles. The van der Waals surface area contributed by atoms with Crippen LogP contribution in [0.3, 0.4) is 0 Å². The van der Waals surface area contributed by atoms with Crippen molar-refractivity contribution in [3.63, 3.8) is 0 Å². The number of nitrogens with zero attached hydrogens (tertiary/aromatic N) is 2. The number of amides is 2. The molecule has 0 unspecified atom stereocenters. The zero-order valence-corrected chi connectivity index (χ0v) is 10.1. The van der Waals surface area contributed by atoms with E-state index in [1.165, 1.54) is 0 Å². The van der Waals surface area contributed by atoms with Crippen LogP contribution in [0, 0.1) is 18.3 Å². The van der Waals surface area contributed by atoms with Crippen molar-refractivity contribution in [2.75, 3.05) is 5.32 Å². The molecule has 6 nitrogen and oxygen atoms in total. The fourth-order valence-electron chi connectivity index (χ4n) is 2.43. The largest absolute Gasteiger partial charge is 0.364 e. The number of carbonyl (C=O) groups is 2. The van der Waals surface area contributed by atoms with Gasteiger partial charge in [-0.25, -0.2) is 0 Å². The molecule has 2 aliphatic carbocycles. The highest BCUT2D eigenvalue weighted by Gasteiger charge is 2.65. The van der Waals surface area contributed by atoms with E-state index in [0.29, 0.717) is 16.8 Å². The Morgan fingerprint density at radius 2 is 2.17 bits per heavy atom. The Hall–Kier alpha value is -1.98. The standard InChI is InChI=1S/C12H14N4O2/c1-6-4-8(15-16-9(6)10(13)17)14-11(18)7-5-12(7)2-3-12/h4,7H,2-3,5H2,1H3,(H2,13,17)(H,14,15,18)/t7-/m1/s1. The molecule has 1 spiro atoms. The Kier molecular flexibility index (Phi) is 2.17. The number of nitrogens with two attached hydrogens (primary N) is 1. The van der Waals surface area contributed by atoms with E-state index in [0.717, 1.165) is 19.3 Å². The molecule has 0 bridgehead atoms. The van der Waals surface area contributed by atoms with Crippen molar-refractivity contribution >= 4 is 17.6 Å². The Morgan fingerprint density at radius 1 is 1.44 bits per heavy atom. The van der Waals surface area contributed by atoms with E-state index in [1.807, 2.05) is 0 Å². The lowest BCUT2D eigenvalue weighted by atomic mass is 10.2. The van der Waals surface area contributed by atoms with Gasteiger partial charge in [0.25, 0.3) is 5.91 Å². The Bertz CT molecular complexity index is 551. The van der Waals surface area contributed by atoms with Crippen LogP contribution in [-0.4, -0.2) is 22.0 Å². The predicted molar refractivity (Wildman–Crippen MR) is 63.7 cm³/mol. The van der Waals surface area contributed by atoms with Crippen molar-refractivity contribution in [1.82, 2.24) is 10.2 Å². The molecule has 94 valence electrons. The maximum absolute atomic E-state index is 11.9. The van der Waals surface area contributed by atoms with Gasteiger partial charge in [-0.3, -0.25) is 9.59 Å². The van der Waals surface area contributed by atoms with Crippen molar-refractivity contribution in [2.45, 2.75) is 26.2 Å². The minimum Gasteiger partial charge on any atom is -0.364 e. The lowest BCUT2D eigenvalue weighted by Crippen LogP contribution is -2.19. The van der Waals surface area contributed by atoms with Crippen LogP contribution < -0.4 is 11.1 Å². The summed E-state index contributed by atoms with van der Waals surface area (Å²) in [6.07, 6.45) is 3.32. The summed E-state index contributed by atoms with van der Waals surface area (Å²) >= 11 is 0. The molecule has 1 aromatic heterocycles. The quantitative estimate of drug-likeness (QED) is 0.816. The molecule has 6 heteroatoms. The third-order valence-corrected chi connectivity index (χ3v) is 3.87. The first-order chi connectivity index (χ1) is 8.52. The van der Waals surface area contributed by atoms with Gasteiger partial charge in [-0.1, -0.05) is 0 Å². The average Bonchev–Trinajstić information content (AvgIpc) is 3.19. The maximum Gasteiger partial charge on any atom is 0.269 e. The van der Waals surface area contributed by atoms with Crippen molar-refractivity contribution in [3.8, 4) is 0 Å². The second-order valence-corrected chi connectivity index (χ2v) is 5.23. The zero-order chi connectivity index (χ0) is 12.9. The highest BCUT2D eigenvalue weighted by molar-refractivity contribution is 5.95. The zero-order valence-electron chi connectivity index (χ0n) is 10.1. The topological polar surface area (TPSA) is 98.0 Å². The highest BCUT2D eigenvalue weighted by Crippen LogP contribution is 2.70. The summed E-state index contributed by atoms with van der Waals surface area (Å²) in [7, 11) is 0. The van der Waals surface area contributed by atoms with Gasteiger partial charge < -0.3 is 11.1 Å². The molecule has 2 fully saturated rings. The Balaban J connectivity index is 1.71. The number of nitrogens with one attached hydrogen (secondary N) is 1. The summed E-state index contributed by atoms with van der Waals surface area (Å²) < 4.78 is 0. The fraction of sp³-hybridized carbons (Fsp3) is 0.500. The minimum absolute atomic E-state index is 0.00743. The van der Waals surface area contributed by atoms with Crippen molar-refractivity contribution in [1.29, 1.82) is 0 Å². The number of hydrogen-bond donors (Lipinski definition) is 2. The fourth-order valence-corrected chi connectivity index (χ4v) is 2.43. The molecule has 1 atom stereocenters. The molecule has 3 N–H and O–H groups in total. The average molecular weight is 246 g/mol. The number of rotatable bonds is 3. The number of aromatic nitrogens is 2. The smallest absolute Gasteiger partial charge is 0.269 e. The van der Waals surface area contributed by atoms with Crippen molar-refractivity contribution in [2.24, 2.45) is 17.1 Å². The number of primary amides is 1. The summed E-state index contributed by atoms with van der Waals surface area (Å²) in [4.78, 5) is 22.9. The first kappa shape index (κ1) is 11.1. The number of aryl methyl sites for hydroxylation is 1. The summed E-state index contributed by atoms with van der Waals surface area (Å²) in [5.74, 6) is -0.0920. The third kappa shape index (κ3) is 1.73. The molecule has 2 aliphatic rings. The van der Waals surface area contributed by atoms with Crippen LogP contribution in [-0.2, 0) is 4.79 Å². The van der Waals surface area contributed by atoms with Gasteiger partial charge in [0.15, 0.2) is 11.5 Å². The summed E-state index contributed by atoms with van der Waals surface area (Å²) in [5.41, 5.74) is 6.21. The summed E-state index contributed by atoms with van der Waals surface area (Å²) in [6, 6.07) is 1.62. The van der Waals surface area contributed by atoms with Crippen LogP contribution in [0.15, 0.2) is 6.07 Å². The second kappa shape index (κ2) is 3.51. The van der Waals surface area contributed by atoms with E-state index in [-0.39, 0.29) is 17.5 Å². The van der Waals surface area contributed by atoms with Crippen LogP contribution in [0.5, 0.6) is 0 Å². The lowest BCUT2D eigenvalue weighted by Gasteiger charge is -2.05. The van der Waals surface area contributed by atoms with Gasteiger partial charge in [-0.2, -0.15) is 0 Å². The maximum atomic E-state index is 11.9. The molecule has 0 aromatic carbocycles. The van der Waals surface area contributed by atoms with Gasteiger partial charge in [-0.15, -0.1) is 10.2 Å². The van der Waals surface area contributed by atoms with E-state index in [1.54, 1.807) is 13.0 Å². The van der Waals surface area contributed by atoms with Crippen LogP contribution in [0.1, 0.15) is 35.3 Å². The van der Waals surface area contributed by atoms with E-state index in [2.05, 4.69) is 15.5 Å². The van der Waals surface area contributed by atoms with Crippen molar-refractivity contribution < 1.29 is 9.59 Å². The number of anilines is 1. The Labute approximate surface area is 104 Å². The molecule has 2 saturated carbocycles. The predicted octanol–water partition coefficient (Wildman–Crippen LogP) is 0.623. The normalized spacial score (nSPS) is 22.6. The van der Waals surface area contributed by atoms with Crippen LogP contribution in [0.4, 0.5) is 5.82 Å². The van der Waals surface area contributed by atoms with E-state index in [4.69, 9.17) is 5.73 Å². The van der Waals surface area contributed by atoms with Crippen LogP contribution in [0.2, 0.25) is 0 Å². The molecule has 1 aromatic rings. The van der Waals surface area contributed by atoms with Gasteiger partial charge in [0.1, 0.15) is 0 Å². The molecule has 18 heavy (non-hydrogen) atoms. The summed E-state index contributed by atoms with van der Waals surface area (Å²) in [5, 5.41) is 10.3. The monoisotopic (exact) mass is 246 g/mol. The Morgan fingerprint density at radius 3 is 2.67 bits per heavy atom. The minimum atomic E-state index is -0.614.